The molecule has 0 spiro atoms. The van der Waals surface area contributed by atoms with Gasteiger partial charge in [0, 0.05) is 17.6 Å². The maximum absolute atomic E-state index is 12.7. The minimum Gasteiger partial charge on any atom is -0.395 e. The summed E-state index contributed by atoms with van der Waals surface area (Å²) in [5.41, 5.74) is 2.69. The van der Waals surface area contributed by atoms with Crippen molar-refractivity contribution in [1.29, 1.82) is 0 Å². The van der Waals surface area contributed by atoms with Gasteiger partial charge in [0.15, 0.2) is 0 Å². The number of halogens is 1. The van der Waals surface area contributed by atoms with Gasteiger partial charge in [-0.1, -0.05) is 42.5 Å². The van der Waals surface area contributed by atoms with Crippen LogP contribution in [0.5, 0.6) is 0 Å². The molecule has 0 unspecified atom stereocenters. The highest BCUT2D eigenvalue weighted by molar-refractivity contribution is 9.10. The lowest BCUT2D eigenvalue weighted by atomic mass is 10.1. The van der Waals surface area contributed by atoms with Crippen LogP contribution in [0.15, 0.2) is 53.0 Å². The minimum atomic E-state index is -0.0801. The monoisotopic (exact) mass is 347 g/mol. The van der Waals surface area contributed by atoms with E-state index in [0.717, 1.165) is 15.6 Å². The summed E-state index contributed by atoms with van der Waals surface area (Å²) in [5.74, 6) is -0.0801. The smallest absolute Gasteiger partial charge is 0.255 e. The Morgan fingerprint density at radius 3 is 2.52 bits per heavy atom. The van der Waals surface area contributed by atoms with Crippen LogP contribution in [-0.4, -0.2) is 29.1 Å². The molecule has 2 rings (SSSR count). The Labute approximate surface area is 133 Å². The van der Waals surface area contributed by atoms with Crippen LogP contribution < -0.4 is 0 Å². The molecule has 0 aromatic heterocycles. The predicted molar refractivity (Wildman–Crippen MR) is 87.1 cm³/mol. The van der Waals surface area contributed by atoms with E-state index in [9.17, 15) is 9.90 Å². The van der Waals surface area contributed by atoms with Gasteiger partial charge in [0.2, 0.25) is 0 Å². The molecule has 0 heterocycles. The number of carbonyl (C=O) groups excluding carboxylic acids is 1. The fourth-order valence-electron chi connectivity index (χ4n) is 2.16. The standard InChI is InChI=1S/C17H18BrNO2/c1-13-6-5-9-15(16(13)18)17(21)19(10-11-20)12-14-7-3-2-4-8-14/h2-9,20H,10-12H2,1H3. The van der Waals surface area contributed by atoms with Gasteiger partial charge < -0.3 is 10.0 Å². The Bertz CT molecular complexity index is 613. The number of aliphatic hydroxyl groups is 1. The predicted octanol–water partition coefficient (Wildman–Crippen LogP) is 3.39. The van der Waals surface area contributed by atoms with Crippen LogP contribution in [0.2, 0.25) is 0 Å². The number of hydrogen-bond donors (Lipinski definition) is 1. The zero-order chi connectivity index (χ0) is 15.2. The largest absolute Gasteiger partial charge is 0.395 e. The van der Waals surface area contributed by atoms with Crippen molar-refractivity contribution >= 4 is 21.8 Å². The zero-order valence-electron chi connectivity index (χ0n) is 11.9. The fraction of sp³-hybridized carbons (Fsp3) is 0.235. The second-order valence-corrected chi connectivity index (χ2v) is 5.67. The normalized spacial score (nSPS) is 10.4. The Hall–Kier alpha value is -1.65. The van der Waals surface area contributed by atoms with E-state index in [1.54, 1.807) is 11.0 Å². The van der Waals surface area contributed by atoms with E-state index in [1.807, 2.05) is 49.4 Å². The Kier molecular flexibility index (Phi) is 5.53. The summed E-state index contributed by atoms with van der Waals surface area (Å²) in [6.45, 7) is 2.70. The van der Waals surface area contributed by atoms with Crippen molar-refractivity contribution in [1.82, 2.24) is 4.90 Å². The average Bonchev–Trinajstić information content (AvgIpc) is 2.50. The molecule has 0 aliphatic carbocycles. The third-order valence-corrected chi connectivity index (χ3v) is 4.35. The molecule has 0 saturated carbocycles. The molecule has 2 aromatic rings. The molecule has 1 amide bonds. The summed E-state index contributed by atoms with van der Waals surface area (Å²) in [6.07, 6.45) is 0. The van der Waals surface area contributed by atoms with Crippen LogP contribution >= 0.6 is 15.9 Å². The summed E-state index contributed by atoms with van der Waals surface area (Å²) in [5, 5.41) is 9.23. The highest BCUT2D eigenvalue weighted by Crippen LogP contribution is 2.23. The van der Waals surface area contributed by atoms with E-state index in [4.69, 9.17) is 0 Å². The molecule has 0 bridgehead atoms. The lowest BCUT2D eigenvalue weighted by Crippen LogP contribution is -2.33. The van der Waals surface area contributed by atoms with E-state index in [-0.39, 0.29) is 12.5 Å². The van der Waals surface area contributed by atoms with Crippen molar-refractivity contribution in [2.45, 2.75) is 13.5 Å². The molecule has 2 aromatic carbocycles. The molecule has 1 N–H and O–H groups in total. The second kappa shape index (κ2) is 7.38. The van der Waals surface area contributed by atoms with Gasteiger partial charge in [0.1, 0.15) is 0 Å². The molecule has 0 saturated heterocycles. The highest BCUT2D eigenvalue weighted by Gasteiger charge is 2.18. The molecular formula is C17H18BrNO2. The first kappa shape index (κ1) is 15.7. The van der Waals surface area contributed by atoms with Crippen LogP contribution in [0.3, 0.4) is 0 Å². The van der Waals surface area contributed by atoms with E-state index >= 15 is 0 Å². The maximum Gasteiger partial charge on any atom is 0.255 e. The SMILES string of the molecule is Cc1cccc(C(=O)N(CCO)Cc2ccccc2)c1Br. The molecule has 0 fully saturated rings. The molecule has 3 nitrogen and oxygen atoms in total. The van der Waals surface area contributed by atoms with Crippen LogP contribution in [-0.2, 0) is 6.54 Å². The first-order chi connectivity index (χ1) is 10.1. The number of nitrogens with zero attached hydrogens (tertiary/aromatic N) is 1. The van der Waals surface area contributed by atoms with E-state index in [0.29, 0.717) is 18.7 Å². The van der Waals surface area contributed by atoms with Crippen LogP contribution in [0, 0.1) is 6.92 Å². The Balaban J connectivity index is 2.25. The van der Waals surface area contributed by atoms with E-state index in [1.165, 1.54) is 0 Å². The summed E-state index contributed by atoms with van der Waals surface area (Å²) in [4.78, 5) is 14.4. The molecule has 110 valence electrons. The van der Waals surface area contributed by atoms with Crippen LogP contribution in [0.1, 0.15) is 21.5 Å². The summed E-state index contributed by atoms with van der Waals surface area (Å²) in [6, 6.07) is 15.4. The van der Waals surface area contributed by atoms with Crippen molar-refractivity contribution in [2.75, 3.05) is 13.2 Å². The van der Waals surface area contributed by atoms with Gasteiger partial charge in [-0.15, -0.1) is 0 Å². The van der Waals surface area contributed by atoms with E-state index in [2.05, 4.69) is 15.9 Å². The third-order valence-electron chi connectivity index (χ3n) is 3.30. The van der Waals surface area contributed by atoms with Gasteiger partial charge in [0.25, 0.3) is 5.91 Å². The van der Waals surface area contributed by atoms with Gasteiger partial charge in [0.05, 0.1) is 12.2 Å². The molecule has 21 heavy (non-hydrogen) atoms. The lowest BCUT2D eigenvalue weighted by molar-refractivity contribution is 0.0707. The fourth-order valence-corrected chi connectivity index (χ4v) is 2.59. The first-order valence-corrected chi connectivity index (χ1v) is 7.62. The maximum atomic E-state index is 12.7. The van der Waals surface area contributed by atoms with Gasteiger partial charge in [-0.3, -0.25) is 4.79 Å². The van der Waals surface area contributed by atoms with Crippen LogP contribution in [0.4, 0.5) is 0 Å². The van der Waals surface area contributed by atoms with Gasteiger partial charge in [-0.05, 0) is 40.0 Å². The summed E-state index contributed by atoms with van der Waals surface area (Å²) >= 11 is 3.48. The molecule has 0 aliphatic heterocycles. The van der Waals surface area contributed by atoms with Crippen molar-refractivity contribution in [3.05, 3.63) is 69.7 Å². The number of aryl methyl sites for hydroxylation is 1. The molecule has 0 atom stereocenters. The zero-order valence-corrected chi connectivity index (χ0v) is 13.5. The topological polar surface area (TPSA) is 40.5 Å². The highest BCUT2D eigenvalue weighted by atomic mass is 79.9. The number of aliphatic hydroxyl groups excluding tert-OH is 1. The minimum absolute atomic E-state index is 0.0536. The number of benzene rings is 2. The summed E-state index contributed by atoms with van der Waals surface area (Å²) in [7, 11) is 0. The second-order valence-electron chi connectivity index (χ2n) is 4.87. The quantitative estimate of drug-likeness (QED) is 0.900. The lowest BCUT2D eigenvalue weighted by Gasteiger charge is -2.23. The van der Waals surface area contributed by atoms with E-state index < -0.39 is 0 Å². The van der Waals surface area contributed by atoms with Crippen molar-refractivity contribution in [3.8, 4) is 0 Å². The van der Waals surface area contributed by atoms with Crippen LogP contribution in [0.25, 0.3) is 0 Å². The molecule has 0 radical (unpaired) electrons. The summed E-state index contributed by atoms with van der Waals surface area (Å²) < 4.78 is 0.811. The molecule has 4 heteroatoms. The number of amides is 1. The first-order valence-electron chi connectivity index (χ1n) is 6.82. The Morgan fingerprint density at radius 1 is 1.14 bits per heavy atom. The van der Waals surface area contributed by atoms with Crippen molar-refractivity contribution < 1.29 is 9.90 Å². The number of hydrogen-bond acceptors (Lipinski definition) is 2. The average molecular weight is 348 g/mol. The van der Waals surface area contributed by atoms with Gasteiger partial charge in [-0.2, -0.15) is 0 Å². The van der Waals surface area contributed by atoms with Gasteiger partial charge in [-0.25, -0.2) is 0 Å². The third kappa shape index (κ3) is 3.93. The van der Waals surface area contributed by atoms with Crippen molar-refractivity contribution in [3.63, 3.8) is 0 Å². The number of rotatable bonds is 5. The number of carbonyl (C=O) groups is 1. The van der Waals surface area contributed by atoms with Gasteiger partial charge >= 0.3 is 0 Å². The molecule has 0 aliphatic rings. The molecular weight excluding hydrogens is 330 g/mol. The van der Waals surface area contributed by atoms with Crippen molar-refractivity contribution in [2.24, 2.45) is 0 Å². The Morgan fingerprint density at radius 2 is 1.86 bits per heavy atom.